The fraction of sp³-hybridized carbons (Fsp3) is 0.182. The van der Waals surface area contributed by atoms with Gasteiger partial charge in [-0.25, -0.2) is 4.39 Å². The molecule has 0 atom stereocenters. The molecule has 1 aromatic carbocycles. The molecule has 0 aliphatic heterocycles. The van der Waals surface area contributed by atoms with E-state index in [-0.39, 0.29) is 17.4 Å². The van der Waals surface area contributed by atoms with Crippen molar-refractivity contribution in [3.05, 3.63) is 39.6 Å². The van der Waals surface area contributed by atoms with Crippen molar-refractivity contribution in [3.8, 4) is 0 Å². The van der Waals surface area contributed by atoms with Gasteiger partial charge in [-0.1, -0.05) is 11.6 Å². The third-order valence-electron chi connectivity index (χ3n) is 2.49. The van der Waals surface area contributed by atoms with Crippen LogP contribution >= 0.6 is 23.8 Å². The number of carbonyl (C=O) groups is 1. The molecule has 2 rings (SSSR count). The summed E-state index contributed by atoms with van der Waals surface area (Å²) in [6.45, 7) is 0. The molecule has 0 saturated carbocycles. The maximum atomic E-state index is 13.0. The van der Waals surface area contributed by atoms with Gasteiger partial charge in [-0.3, -0.25) is 9.89 Å². The van der Waals surface area contributed by atoms with Gasteiger partial charge < -0.3 is 9.88 Å². The third kappa shape index (κ3) is 3.18. The van der Waals surface area contributed by atoms with E-state index in [0.29, 0.717) is 16.3 Å². The van der Waals surface area contributed by atoms with Crippen molar-refractivity contribution in [2.24, 2.45) is 7.05 Å². The summed E-state index contributed by atoms with van der Waals surface area (Å²) in [5.41, 5.74) is 0.424. The molecule has 0 fully saturated rings. The molecule has 1 heterocycles. The molecular weight excluding hydrogens is 291 g/mol. The first-order chi connectivity index (χ1) is 8.97. The Hall–Kier alpha value is -1.73. The van der Waals surface area contributed by atoms with E-state index in [2.05, 4.69) is 15.5 Å². The second-order valence-corrected chi connectivity index (χ2v) is 4.65. The molecule has 100 valence electrons. The van der Waals surface area contributed by atoms with Crippen molar-refractivity contribution in [1.82, 2.24) is 14.8 Å². The van der Waals surface area contributed by atoms with E-state index in [9.17, 15) is 9.18 Å². The van der Waals surface area contributed by atoms with Crippen LogP contribution in [0.2, 0.25) is 5.02 Å². The zero-order chi connectivity index (χ0) is 14.0. The van der Waals surface area contributed by atoms with Crippen LogP contribution < -0.4 is 5.32 Å². The number of hydrogen-bond donors (Lipinski definition) is 2. The number of halogens is 2. The number of aromatic nitrogens is 3. The summed E-state index contributed by atoms with van der Waals surface area (Å²) in [7, 11) is 1.71. The highest BCUT2D eigenvalue weighted by Crippen LogP contribution is 2.19. The number of hydrogen-bond acceptors (Lipinski definition) is 3. The average molecular weight is 301 g/mol. The number of aromatic amines is 1. The Morgan fingerprint density at radius 1 is 1.63 bits per heavy atom. The Morgan fingerprint density at radius 3 is 2.95 bits per heavy atom. The van der Waals surface area contributed by atoms with Crippen molar-refractivity contribution in [1.29, 1.82) is 0 Å². The normalized spacial score (nSPS) is 10.5. The van der Waals surface area contributed by atoms with Crippen LogP contribution in [0, 0.1) is 10.6 Å². The van der Waals surface area contributed by atoms with Crippen LogP contribution in [0.1, 0.15) is 5.82 Å². The van der Waals surface area contributed by atoms with Crippen LogP contribution in [-0.4, -0.2) is 20.7 Å². The summed E-state index contributed by atoms with van der Waals surface area (Å²) in [6.07, 6.45) is 0.0542. The summed E-state index contributed by atoms with van der Waals surface area (Å²) in [5.74, 6) is -0.315. The summed E-state index contributed by atoms with van der Waals surface area (Å²) < 4.78 is 15.0. The van der Waals surface area contributed by atoms with E-state index in [1.165, 1.54) is 18.2 Å². The molecule has 5 nitrogen and oxygen atoms in total. The highest BCUT2D eigenvalue weighted by Gasteiger charge is 2.10. The number of amides is 1. The van der Waals surface area contributed by atoms with Crippen molar-refractivity contribution in [2.75, 3.05) is 5.32 Å². The molecule has 2 aromatic rings. The van der Waals surface area contributed by atoms with Crippen LogP contribution in [0.25, 0.3) is 0 Å². The van der Waals surface area contributed by atoms with E-state index in [1.54, 1.807) is 11.6 Å². The number of anilines is 1. The monoisotopic (exact) mass is 300 g/mol. The van der Waals surface area contributed by atoms with Crippen LogP contribution in [0.3, 0.4) is 0 Å². The second kappa shape index (κ2) is 5.50. The van der Waals surface area contributed by atoms with Crippen LogP contribution in [0.5, 0.6) is 0 Å². The molecule has 19 heavy (non-hydrogen) atoms. The van der Waals surface area contributed by atoms with Crippen molar-refractivity contribution >= 4 is 35.4 Å². The minimum Gasteiger partial charge on any atom is -0.326 e. The van der Waals surface area contributed by atoms with Gasteiger partial charge in [0.15, 0.2) is 4.77 Å². The van der Waals surface area contributed by atoms with Gasteiger partial charge in [0, 0.05) is 12.7 Å². The number of rotatable bonds is 3. The molecule has 0 aliphatic carbocycles. The smallest absolute Gasteiger partial charge is 0.232 e. The van der Waals surface area contributed by atoms with E-state index >= 15 is 0 Å². The first kappa shape index (κ1) is 13.7. The Bertz CT molecular complexity index is 682. The topological polar surface area (TPSA) is 62.7 Å². The maximum Gasteiger partial charge on any atom is 0.232 e. The van der Waals surface area contributed by atoms with Gasteiger partial charge in [-0.2, -0.15) is 5.10 Å². The van der Waals surface area contributed by atoms with Crippen LogP contribution in [-0.2, 0) is 18.3 Å². The number of benzene rings is 1. The zero-order valence-corrected chi connectivity index (χ0v) is 11.5. The minimum absolute atomic E-state index is 0.0454. The number of carbonyl (C=O) groups excluding carboxylic acids is 1. The van der Waals surface area contributed by atoms with Gasteiger partial charge in [0.1, 0.15) is 11.6 Å². The fourth-order valence-electron chi connectivity index (χ4n) is 1.46. The highest BCUT2D eigenvalue weighted by atomic mass is 35.5. The predicted octanol–water partition coefficient (Wildman–Crippen LogP) is 2.45. The minimum atomic E-state index is -0.533. The first-order valence-corrected chi connectivity index (χ1v) is 6.11. The Labute approximate surface area is 118 Å². The number of nitrogens with zero attached hydrogens (tertiary/aromatic N) is 2. The Kier molecular flexibility index (Phi) is 3.96. The molecule has 0 bridgehead atoms. The van der Waals surface area contributed by atoms with E-state index < -0.39 is 5.82 Å². The average Bonchev–Trinajstić information content (AvgIpc) is 2.66. The van der Waals surface area contributed by atoms with Gasteiger partial charge in [0.05, 0.1) is 11.4 Å². The molecule has 0 spiro atoms. The molecule has 2 N–H and O–H groups in total. The maximum absolute atomic E-state index is 13.0. The molecule has 0 aliphatic rings. The zero-order valence-electron chi connectivity index (χ0n) is 9.91. The lowest BCUT2D eigenvalue weighted by molar-refractivity contribution is -0.115. The van der Waals surface area contributed by atoms with Gasteiger partial charge in [0.2, 0.25) is 5.91 Å². The molecule has 1 aromatic heterocycles. The SMILES string of the molecule is Cn1c(CC(=O)Nc2ccc(F)c(Cl)c2)n[nH]c1=S. The molecule has 1 amide bonds. The van der Waals surface area contributed by atoms with Crippen LogP contribution in [0.4, 0.5) is 10.1 Å². The lowest BCUT2D eigenvalue weighted by atomic mass is 10.3. The summed E-state index contributed by atoms with van der Waals surface area (Å²) >= 11 is 10.6. The number of H-pyrrole nitrogens is 1. The summed E-state index contributed by atoms with van der Waals surface area (Å²) in [6, 6.07) is 3.97. The van der Waals surface area contributed by atoms with E-state index in [1.807, 2.05) is 0 Å². The summed E-state index contributed by atoms with van der Waals surface area (Å²) in [5, 5.41) is 9.07. The third-order valence-corrected chi connectivity index (χ3v) is 3.15. The Morgan fingerprint density at radius 2 is 2.37 bits per heavy atom. The standard InChI is InChI=1S/C11H10ClFN4OS/c1-17-9(15-16-11(17)19)5-10(18)14-6-2-3-8(13)7(12)4-6/h2-4H,5H2,1H3,(H,14,18)(H,16,19). The van der Waals surface area contributed by atoms with Crippen molar-refractivity contribution < 1.29 is 9.18 Å². The molecule has 0 saturated heterocycles. The van der Waals surface area contributed by atoms with Gasteiger partial charge >= 0.3 is 0 Å². The fourth-order valence-corrected chi connectivity index (χ4v) is 1.79. The molecular formula is C11H10ClFN4OS. The van der Waals surface area contributed by atoms with Crippen molar-refractivity contribution in [3.63, 3.8) is 0 Å². The number of nitrogens with one attached hydrogen (secondary N) is 2. The Balaban J connectivity index is 2.07. The quantitative estimate of drug-likeness (QED) is 0.856. The largest absolute Gasteiger partial charge is 0.326 e. The second-order valence-electron chi connectivity index (χ2n) is 3.86. The summed E-state index contributed by atoms with van der Waals surface area (Å²) in [4.78, 5) is 11.8. The molecule has 8 heteroatoms. The lowest BCUT2D eigenvalue weighted by Gasteiger charge is -2.05. The molecule has 0 unspecified atom stereocenters. The van der Waals surface area contributed by atoms with E-state index in [4.69, 9.17) is 23.8 Å². The van der Waals surface area contributed by atoms with Gasteiger partial charge in [-0.15, -0.1) is 0 Å². The lowest BCUT2D eigenvalue weighted by Crippen LogP contribution is -2.17. The highest BCUT2D eigenvalue weighted by molar-refractivity contribution is 7.71. The van der Waals surface area contributed by atoms with Gasteiger partial charge in [0.25, 0.3) is 0 Å². The van der Waals surface area contributed by atoms with Crippen LogP contribution in [0.15, 0.2) is 18.2 Å². The van der Waals surface area contributed by atoms with E-state index in [0.717, 1.165) is 0 Å². The van der Waals surface area contributed by atoms with Crippen molar-refractivity contribution in [2.45, 2.75) is 6.42 Å². The van der Waals surface area contributed by atoms with Gasteiger partial charge in [-0.05, 0) is 30.4 Å². The predicted molar refractivity (Wildman–Crippen MR) is 72.1 cm³/mol. The molecule has 0 radical (unpaired) electrons. The first-order valence-electron chi connectivity index (χ1n) is 5.32.